The Labute approximate surface area is 137 Å². The smallest absolute Gasteiger partial charge is 0.168 e. The molecule has 4 aromatic rings. The van der Waals surface area contributed by atoms with Crippen molar-refractivity contribution >= 4 is 27.4 Å². The number of anilines is 1. The van der Waals surface area contributed by atoms with Crippen LogP contribution in [0.3, 0.4) is 0 Å². The molecule has 0 fully saturated rings. The number of rotatable bonds is 2. The van der Waals surface area contributed by atoms with Crippen molar-refractivity contribution in [1.82, 2.24) is 19.7 Å². The number of benzene rings is 1. The van der Waals surface area contributed by atoms with Crippen LogP contribution in [0.15, 0.2) is 42.5 Å². The number of aromatic nitrogens is 4. The van der Waals surface area contributed by atoms with E-state index in [1.165, 1.54) is 5.56 Å². The number of thiophene rings is 1. The van der Waals surface area contributed by atoms with Gasteiger partial charge in [0.25, 0.3) is 0 Å². The fraction of sp³-hybridized carbons (Fsp3) is 0.118. The molecule has 1 aromatic carbocycles. The van der Waals surface area contributed by atoms with E-state index >= 15 is 0 Å². The van der Waals surface area contributed by atoms with Crippen molar-refractivity contribution in [3.05, 3.63) is 54.0 Å². The molecule has 0 unspecified atom stereocenters. The molecule has 23 heavy (non-hydrogen) atoms. The third kappa shape index (κ3) is 2.37. The van der Waals surface area contributed by atoms with E-state index in [2.05, 4.69) is 33.3 Å². The van der Waals surface area contributed by atoms with Crippen molar-refractivity contribution in [2.45, 2.75) is 13.8 Å². The molecule has 0 saturated carbocycles. The highest BCUT2D eigenvalue weighted by atomic mass is 32.1. The van der Waals surface area contributed by atoms with Crippen LogP contribution < -0.4 is 5.73 Å². The fourth-order valence-electron chi connectivity index (χ4n) is 2.61. The molecule has 0 amide bonds. The molecule has 0 saturated heterocycles. The second-order valence-corrected chi connectivity index (χ2v) is 6.44. The second-order valence-electron chi connectivity index (χ2n) is 5.41. The van der Waals surface area contributed by atoms with Crippen LogP contribution in [0.5, 0.6) is 0 Å². The van der Waals surface area contributed by atoms with E-state index < -0.39 is 0 Å². The summed E-state index contributed by atoms with van der Waals surface area (Å²) >= 11 is 1.65. The topological polar surface area (TPSA) is 69.6 Å². The minimum absolute atomic E-state index is 0.578. The van der Waals surface area contributed by atoms with Crippen LogP contribution in [0.25, 0.3) is 26.5 Å². The first kappa shape index (κ1) is 13.9. The predicted molar refractivity (Wildman–Crippen MR) is 93.9 cm³/mol. The van der Waals surface area contributed by atoms with Gasteiger partial charge in [0, 0.05) is 10.9 Å². The summed E-state index contributed by atoms with van der Waals surface area (Å²) < 4.78 is 1.69. The van der Waals surface area contributed by atoms with Crippen molar-refractivity contribution in [3.63, 3.8) is 0 Å². The molecule has 0 radical (unpaired) electrons. The van der Waals surface area contributed by atoms with Crippen LogP contribution >= 0.6 is 11.3 Å². The normalized spacial score (nSPS) is 11.2. The van der Waals surface area contributed by atoms with E-state index in [4.69, 9.17) is 5.73 Å². The molecule has 0 bridgehead atoms. The van der Waals surface area contributed by atoms with Crippen molar-refractivity contribution in [2.75, 3.05) is 5.73 Å². The Morgan fingerprint density at radius 2 is 1.83 bits per heavy atom. The Hall–Kier alpha value is -2.73. The van der Waals surface area contributed by atoms with Gasteiger partial charge in [-0.2, -0.15) is 9.78 Å². The summed E-state index contributed by atoms with van der Waals surface area (Å²) in [6.45, 7) is 3.80. The molecule has 0 aliphatic carbocycles. The Morgan fingerprint density at radius 3 is 2.52 bits per heavy atom. The average molecular weight is 321 g/mol. The Balaban J connectivity index is 1.98. The van der Waals surface area contributed by atoms with Gasteiger partial charge in [-0.15, -0.1) is 11.3 Å². The van der Waals surface area contributed by atoms with Gasteiger partial charge in [-0.25, -0.2) is 9.97 Å². The largest absolute Gasteiger partial charge is 0.384 e. The molecule has 114 valence electrons. The predicted octanol–water partition coefficient (Wildman–Crippen LogP) is 3.74. The zero-order valence-corrected chi connectivity index (χ0v) is 13.6. The summed E-state index contributed by atoms with van der Waals surface area (Å²) in [4.78, 5) is 11.2. The molecule has 3 aromatic heterocycles. The summed E-state index contributed by atoms with van der Waals surface area (Å²) in [5.74, 6) is 2.02. The van der Waals surface area contributed by atoms with Gasteiger partial charge >= 0.3 is 0 Å². The zero-order chi connectivity index (χ0) is 16.0. The van der Waals surface area contributed by atoms with Gasteiger partial charge in [-0.05, 0) is 25.5 Å². The Morgan fingerprint density at radius 1 is 1.04 bits per heavy atom. The quantitative estimate of drug-likeness (QED) is 0.610. The van der Waals surface area contributed by atoms with Gasteiger partial charge in [-0.3, -0.25) is 0 Å². The van der Waals surface area contributed by atoms with Crippen LogP contribution in [0, 0.1) is 13.8 Å². The van der Waals surface area contributed by atoms with Crippen LogP contribution in [-0.4, -0.2) is 19.7 Å². The minimum Gasteiger partial charge on any atom is -0.384 e. The van der Waals surface area contributed by atoms with Gasteiger partial charge in [0.2, 0.25) is 0 Å². The van der Waals surface area contributed by atoms with Crippen molar-refractivity contribution in [2.24, 2.45) is 0 Å². The van der Waals surface area contributed by atoms with E-state index in [0.29, 0.717) is 11.6 Å². The lowest BCUT2D eigenvalue weighted by Crippen LogP contribution is -2.06. The SMILES string of the molecule is Cc1cc(N)n(-c2nc(C)nc3sc(-c4ccccc4)cc23)n1. The summed E-state index contributed by atoms with van der Waals surface area (Å²) in [5.41, 5.74) is 8.11. The van der Waals surface area contributed by atoms with Crippen LogP contribution in [0.1, 0.15) is 11.5 Å². The molecule has 4 rings (SSSR count). The maximum Gasteiger partial charge on any atom is 0.168 e. The van der Waals surface area contributed by atoms with Gasteiger partial charge in [0.1, 0.15) is 16.5 Å². The fourth-order valence-corrected chi connectivity index (χ4v) is 3.68. The lowest BCUT2D eigenvalue weighted by molar-refractivity contribution is 0.838. The first-order valence-electron chi connectivity index (χ1n) is 7.28. The number of aryl methyl sites for hydroxylation is 2. The summed E-state index contributed by atoms with van der Waals surface area (Å²) in [7, 11) is 0. The average Bonchev–Trinajstić information content (AvgIpc) is 3.10. The highest BCUT2D eigenvalue weighted by molar-refractivity contribution is 7.21. The number of nitrogens with two attached hydrogens (primary N) is 1. The number of nitrogens with zero attached hydrogens (tertiary/aromatic N) is 4. The standard InChI is InChI=1S/C17H15N5S/c1-10-8-15(18)22(21-10)16-13-9-14(12-6-4-3-5-7-12)23-17(13)20-11(2)19-16/h3-9H,18H2,1-2H3. The summed E-state index contributed by atoms with van der Waals surface area (Å²) in [6.07, 6.45) is 0. The molecule has 0 aliphatic heterocycles. The van der Waals surface area contributed by atoms with Gasteiger partial charge in [0.05, 0.1) is 11.1 Å². The van der Waals surface area contributed by atoms with E-state index in [1.54, 1.807) is 16.0 Å². The zero-order valence-electron chi connectivity index (χ0n) is 12.8. The molecule has 6 heteroatoms. The monoisotopic (exact) mass is 321 g/mol. The Kier molecular flexibility index (Phi) is 3.12. The summed E-state index contributed by atoms with van der Waals surface area (Å²) in [6, 6.07) is 14.2. The van der Waals surface area contributed by atoms with Gasteiger partial charge in [0.15, 0.2) is 5.82 Å². The van der Waals surface area contributed by atoms with Gasteiger partial charge in [-0.1, -0.05) is 30.3 Å². The highest BCUT2D eigenvalue weighted by Gasteiger charge is 2.15. The third-order valence-electron chi connectivity index (χ3n) is 3.60. The van der Waals surface area contributed by atoms with E-state index in [9.17, 15) is 0 Å². The Bertz CT molecular complexity index is 1000. The van der Waals surface area contributed by atoms with Crippen LogP contribution in [0.2, 0.25) is 0 Å². The molecule has 2 N–H and O–H groups in total. The maximum atomic E-state index is 6.08. The number of hydrogen-bond donors (Lipinski definition) is 1. The van der Waals surface area contributed by atoms with E-state index in [0.717, 1.165) is 26.6 Å². The maximum absolute atomic E-state index is 6.08. The number of fused-ring (bicyclic) bond motifs is 1. The van der Waals surface area contributed by atoms with Crippen molar-refractivity contribution in [1.29, 1.82) is 0 Å². The molecular weight excluding hydrogens is 306 g/mol. The van der Waals surface area contributed by atoms with Crippen LogP contribution in [-0.2, 0) is 0 Å². The van der Waals surface area contributed by atoms with Crippen LogP contribution in [0.4, 0.5) is 5.82 Å². The second kappa shape index (κ2) is 5.17. The molecule has 0 aliphatic rings. The van der Waals surface area contributed by atoms with Crippen molar-refractivity contribution in [3.8, 4) is 16.3 Å². The molecule has 0 atom stereocenters. The first-order valence-corrected chi connectivity index (χ1v) is 8.09. The lowest BCUT2D eigenvalue weighted by Gasteiger charge is -2.05. The first-order chi connectivity index (χ1) is 11.1. The third-order valence-corrected chi connectivity index (χ3v) is 4.68. The van der Waals surface area contributed by atoms with Crippen molar-refractivity contribution < 1.29 is 0 Å². The molecule has 5 nitrogen and oxygen atoms in total. The van der Waals surface area contributed by atoms with E-state index in [1.807, 2.05) is 38.1 Å². The van der Waals surface area contributed by atoms with E-state index in [-0.39, 0.29) is 0 Å². The highest BCUT2D eigenvalue weighted by Crippen LogP contribution is 2.35. The molecule has 0 spiro atoms. The number of nitrogen functional groups attached to an aromatic ring is 1. The summed E-state index contributed by atoms with van der Waals surface area (Å²) in [5, 5.41) is 5.43. The molecular formula is C17H15N5S. The number of hydrogen-bond acceptors (Lipinski definition) is 5. The minimum atomic E-state index is 0.578. The van der Waals surface area contributed by atoms with Gasteiger partial charge < -0.3 is 5.73 Å². The molecule has 3 heterocycles. The lowest BCUT2D eigenvalue weighted by atomic mass is 10.2.